The second kappa shape index (κ2) is 4.70. The number of Topliss-reactive ketones (excluding diaryl/α,β-unsaturated/α-hetero) is 1. The molecule has 0 spiro atoms. The molecule has 0 amide bonds. The van der Waals surface area contributed by atoms with Crippen LogP contribution in [0.5, 0.6) is 0 Å². The predicted octanol–water partition coefficient (Wildman–Crippen LogP) is 4.21. The van der Waals surface area contributed by atoms with Crippen molar-refractivity contribution < 1.29 is 35.5 Å². The molecule has 0 fully saturated rings. The second-order valence-corrected chi connectivity index (χ2v) is 5.13. The van der Waals surface area contributed by atoms with Crippen LogP contribution >= 0.6 is 0 Å². The van der Waals surface area contributed by atoms with E-state index in [-0.39, 0.29) is 6.42 Å². The van der Waals surface area contributed by atoms with E-state index < -0.39 is 35.6 Å². The lowest BCUT2D eigenvalue weighted by Crippen LogP contribution is -2.56. The smallest absolute Gasteiger partial charge is 0.293 e. The lowest BCUT2D eigenvalue weighted by atomic mass is 9.88. The molecule has 0 aliphatic carbocycles. The van der Waals surface area contributed by atoms with Gasteiger partial charge in [0.25, 0.3) is 0 Å². The van der Waals surface area contributed by atoms with Gasteiger partial charge in [-0.05, 0) is 11.8 Å². The third-order valence-corrected chi connectivity index (χ3v) is 2.20. The Morgan fingerprint density at radius 3 is 1.56 bits per heavy atom. The highest BCUT2D eigenvalue weighted by molar-refractivity contribution is 5.86. The fourth-order valence-electron chi connectivity index (χ4n) is 0.999. The van der Waals surface area contributed by atoms with Crippen molar-refractivity contribution >= 4 is 5.78 Å². The number of ketones is 1. The van der Waals surface area contributed by atoms with Gasteiger partial charge in [-0.15, -0.1) is 0 Å². The van der Waals surface area contributed by atoms with Crippen molar-refractivity contribution in [3.63, 3.8) is 0 Å². The van der Waals surface area contributed by atoms with E-state index in [0.29, 0.717) is 0 Å². The lowest BCUT2D eigenvalue weighted by molar-refractivity contribution is -0.343. The van der Waals surface area contributed by atoms with Gasteiger partial charge < -0.3 is 0 Å². The van der Waals surface area contributed by atoms with Crippen LogP contribution in [0.4, 0.5) is 30.7 Å². The molecule has 0 aromatic carbocycles. The molecule has 0 bridgehead atoms. The van der Waals surface area contributed by atoms with E-state index in [0.717, 1.165) is 0 Å². The lowest BCUT2D eigenvalue weighted by Gasteiger charge is -2.28. The molecule has 0 unspecified atom stereocenters. The molecule has 0 atom stereocenters. The monoisotopic (exact) mass is 282 g/mol. The topological polar surface area (TPSA) is 17.1 Å². The Hall–Kier alpha value is -0.820. The molecule has 0 aromatic rings. The SMILES string of the molecule is CC(C)(C)CCC(=O)C(F)(F)C(F)(F)C(F)(F)F. The van der Waals surface area contributed by atoms with Crippen molar-refractivity contribution in [1.29, 1.82) is 0 Å². The number of carbonyl (C=O) groups excluding carboxylic acids is 1. The van der Waals surface area contributed by atoms with Gasteiger partial charge >= 0.3 is 18.0 Å². The standard InChI is InChI=1S/C10H13F7O/c1-7(2,3)5-4-6(18)8(11,12)9(13,14)10(15,16)17/h4-5H2,1-3H3. The summed E-state index contributed by atoms with van der Waals surface area (Å²) < 4.78 is 86.0. The summed E-state index contributed by atoms with van der Waals surface area (Å²) >= 11 is 0. The Bertz CT molecular complexity index is 311. The molecule has 0 saturated carbocycles. The maximum absolute atomic E-state index is 12.8. The summed E-state index contributed by atoms with van der Waals surface area (Å²) in [6.45, 7) is 4.63. The predicted molar refractivity (Wildman–Crippen MR) is 49.6 cm³/mol. The van der Waals surface area contributed by atoms with Crippen LogP contribution < -0.4 is 0 Å². The number of alkyl halides is 7. The van der Waals surface area contributed by atoms with Crippen LogP contribution in [0, 0.1) is 5.41 Å². The second-order valence-electron chi connectivity index (χ2n) is 5.13. The van der Waals surface area contributed by atoms with Gasteiger partial charge in [-0.25, -0.2) is 0 Å². The summed E-state index contributed by atoms with van der Waals surface area (Å²) in [6, 6.07) is 0. The van der Waals surface area contributed by atoms with Gasteiger partial charge in [0, 0.05) is 6.42 Å². The largest absolute Gasteiger partial charge is 0.460 e. The zero-order valence-electron chi connectivity index (χ0n) is 9.97. The summed E-state index contributed by atoms with van der Waals surface area (Å²) in [5.74, 6) is -14.5. The van der Waals surface area contributed by atoms with Crippen LogP contribution in [0.3, 0.4) is 0 Å². The van der Waals surface area contributed by atoms with Crippen molar-refractivity contribution in [2.75, 3.05) is 0 Å². The molecule has 108 valence electrons. The van der Waals surface area contributed by atoms with Gasteiger partial charge in [0.05, 0.1) is 0 Å². The number of halogens is 7. The molecule has 1 nitrogen and oxygen atoms in total. The number of rotatable bonds is 4. The average Bonchev–Trinajstić information content (AvgIpc) is 2.10. The van der Waals surface area contributed by atoms with Crippen LogP contribution in [-0.4, -0.2) is 23.8 Å². The van der Waals surface area contributed by atoms with E-state index in [4.69, 9.17) is 0 Å². The summed E-state index contributed by atoms with van der Waals surface area (Å²) in [4.78, 5) is 10.9. The Morgan fingerprint density at radius 2 is 1.28 bits per heavy atom. The first-order valence-corrected chi connectivity index (χ1v) is 4.98. The Balaban J connectivity index is 4.99. The third-order valence-electron chi connectivity index (χ3n) is 2.20. The molecule has 0 heterocycles. The molecule has 0 aliphatic heterocycles. The summed E-state index contributed by atoms with van der Waals surface area (Å²) in [6.07, 6.45) is -7.72. The Kier molecular flexibility index (Phi) is 4.48. The van der Waals surface area contributed by atoms with Gasteiger partial charge in [0.2, 0.25) is 5.78 Å². The van der Waals surface area contributed by atoms with Gasteiger partial charge in [-0.2, -0.15) is 30.7 Å². The van der Waals surface area contributed by atoms with Crippen LogP contribution in [0.15, 0.2) is 0 Å². The fourth-order valence-corrected chi connectivity index (χ4v) is 0.999. The van der Waals surface area contributed by atoms with E-state index in [1.807, 2.05) is 0 Å². The highest BCUT2D eigenvalue weighted by atomic mass is 19.4. The van der Waals surface area contributed by atoms with Gasteiger partial charge in [0.15, 0.2) is 0 Å². The molecule has 0 saturated heterocycles. The number of carbonyl (C=O) groups is 1. The number of hydrogen-bond donors (Lipinski definition) is 0. The minimum atomic E-state index is -6.46. The summed E-state index contributed by atoms with van der Waals surface area (Å²) in [5.41, 5.74) is -0.626. The molecular weight excluding hydrogens is 269 g/mol. The van der Waals surface area contributed by atoms with E-state index in [2.05, 4.69) is 0 Å². The van der Waals surface area contributed by atoms with Crippen molar-refractivity contribution in [3.8, 4) is 0 Å². The molecule has 0 aliphatic rings. The normalized spacial score (nSPS) is 14.8. The molecule has 0 N–H and O–H groups in total. The highest BCUT2D eigenvalue weighted by Crippen LogP contribution is 2.47. The Morgan fingerprint density at radius 1 is 0.889 bits per heavy atom. The van der Waals surface area contributed by atoms with E-state index >= 15 is 0 Å². The molecule has 8 heteroatoms. The van der Waals surface area contributed by atoms with Crippen LogP contribution in [-0.2, 0) is 4.79 Å². The maximum Gasteiger partial charge on any atom is 0.460 e. The summed E-state index contributed by atoms with van der Waals surface area (Å²) in [5, 5.41) is 0. The molecule has 18 heavy (non-hydrogen) atoms. The van der Waals surface area contributed by atoms with Gasteiger partial charge in [-0.1, -0.05) is 20.8 Å². The molecular formula is C10H13F7O. The van der Waals surface area contributed by atoms with Crippen LogP contribution in [0.1, 0.15) is 33.6 Å². The average molecular weight is 282 g/mol. The minimum Gasteiger partial charge on any atom is -0.293 e. The number of hydrogen-bond acceptors (Lipinski definition) is 1. The van der Waals surface area contributed by atoms with E-state index in [1.54, 1.807) is 20.8 Å². The first kappa shape index (κ1) is 17.2. The third kappa shape index (κ3) is 3.58. The van der Waals surface area contributed by atoms with Gasteiger partial charge in [0.1, 0.15) is 0 Å². The maximum atomic E-state index is 12.8. The highest BCUT2D eigenvalue weighted by Gasteiger charge is 2.75. The van der Waals surface area contributed by atoms with Crippen molar-refractivity contribution in [3.05, 3.63) is 0 Å². The van der Waals surface area contributed by atoms with Crippen molar-refractivity contribution in [2.24, 2.45) is 5.41 Å². The minimum absolute atomic E-state index is 0.213. The quantitative estimate of drug-likeness (QED) is 0.706. The molecule has 0 radical (unpaired) electrons. The van der Waals surface area contributed by atoms with E-state index in [1.165, 1.54) is 0 Å². The van der Waals surface area contributed by atoms with Crippen molar-refractivity contribution in [2.45, 2.75) is 51.6 Å². The van der Waals surface area contributed by atoms with Crippen molar-refractivity contribution in [1.82, 2.24) is 0 Å². The summed E-state index contributed by atoms with van der Waals surface area (Å²) in [7, 11) is 0. The molecule has 0 rings (SSSR count). The zero-order valence-corrected chi connectivity index (χ0v) is 9.97. The first-order chi connectivity index (χ1) is 7.63. The fraction of sp³-hybridized carbons (Fsp3) is 0.900. The Labute approximate surface area is 99.3 Å². The van der Waals surface area contributed by atoms with Crippen LogP contribution in [0.25, 0.3) is 0 Å². The first-order valence-electron chi connectivity index (χ1n) is 4.98. The zero-order chi connectivity index (χ0) is 15.0. The van der Waals surface area contributed by atoms with E-state index in [9.17, 15) is 35.5 Å². The van der Waals surface area contributed by atoms with Gasteiger partial charge in [-0.3, -0.25) is 4.79 Å². The molecule has 0 aromatic heterocycles. The van der Waals surface area contributed by atoms with Crippen LogP contribution in [0.2, 0.25) is 0 Å².